The highest BCUT2D eigenvalue weighted by Crippen LogP contribution is 2.12. The number of nitrogens with one attached hydrogen (secondary N) is 1. The average Bonchev–Trinajstić information content (AvgIpc) is 2.48. The van der Waals surface area contributed by atoms with E-state index < -0.39 is 0 Å². The summed E-state index contributed by atoms with van der Waals surface area (Å²) in [5.41, 5.74) is 1.71. The zero-order chi connectivity index (χ0) is 15.2. The fourth-order valence-electron chi connectivity index (χ4n) is 1.99. The molecule has 0 saturated carbocycles. The smallest absolute Gasteiger partial charge is 0.250 e. The van der Waals surface area contributed by atoms with Crippen molar-refractivity contribution < 1.29 is 9.53 Å². The molecule has 1 aromatic carbocycles. The van der Waals surface area contributed by atoms with Crippen LogP contribution in [0.5, 0.6) is 5.75 Å². The predicted molar refractivity (Wildman–Crippen MR) is 80.2 cm³/mol. The third kappa shape index (κ3) is 4.21. The Morgan fingerprint density at radius 1 is 1.24 bits per heavy atom. The normalized spacial score (nSPS) is 10.2. The number of aromatic nitrogens is 1. The third-order valence-corrected chi connectivity index (χ3v) is 3.14. The summed E-state index contributed by atoms with van der Waals surface area (Å²) in [7, 11) is 3.28. The van der Waals surface area contributed by atoms with Crippen molar-refractivity contribution in [2.45, 2.75) is 13.0 Å². The number of amides is 1. The first-order valence-corrected chi connectivity index (χ1v) is 6.63. The van der Waals surface area contributed by atoms with Crippen LogP contribution in [0.4, 0.5) is 0 Å². The molecule has 0 unspecified atom stereocenters. The predicted octanol–water partition coefficient (Wildman–Crippen LogP) is 1.25. The Morgan fingerprint density at radius 3 is 2.76 bits per heavy atom. The molecule has 0 bridgehead atoms. The molecule has 0 aliphatic rings. The van der Waals surface area contributed by atoms with Gasteiger partial charge in [0.25, 0.3) is 0 Å². The molecule has 5 heteroatoms. The van der Waals surface area contributed by atoms with E-state index in [4.69, 9.17) is 4.74 Å². The highest BCUT2D eigenvalue weighted by Gasteiger charge is 2.05. The molecule has 0 fully saturated rings. The number of hydrogen-bond donors (Lipinski definition) is 1. The summed E-state index contributed by atoms with van der Waals surface area (Å²) in [5.74, 6) is 0.662. The maximum absolute atomic E-state index is 11.9. The molecule has 0 saturated heterocycles. The van der Waals surface area contributed by atoms with Crippen molar-refractivity contribution in [1.29, 1.82) is 0 Å². The topological polar surface area (TPSA) is 60.3 Å². The highest BCUT2D eigenvalue weighted by atomic mass is 16.5. The molecule has 110 valence electrons. The Morgan fingerprint density at radius 2 is 2.05 bits per heavy atom. The summed E-state index contributed by atoms with van der Waals surface area (Å²) in [6.45, 7) is 0.400. The first kappa shape index (κ1) is 14.8. The lowest BCUT2D eigenvalue weighted by atomic mass is 10.1. The molecule has 0 radical (unpaired) electrons. The molecule has 5 nitrogen and oxygen atoms in total. The standard InChI is InChI=1S/C16H18N2O3/c1-18-11-13(6-7-16(18)20)10-17-15(19)9-12-4-3-5-14(8-12)21-2/h3-8,11H,9-10H2,1-2H3,(H,17,19). The third-order valence-electron chi connectivity index (χ3n) is 3.14. The number of aryl methyl sites for hydroxylation is 1. The Hall–Kier alpha value is -2.56. The van der Waals surface area contributed by atoms with Gasteiger partial charge in [0.15, 0.2) is 0 Å². The lowest BCUT2D eigenvalue weighted by Crippen LogP contribution is -2.25. The fourth-order valence-corrected chi connectivity index (χ4v) is 1.99. The summed E-state index contributed by atoms with van der Waals surface area (Å²) >= 11 is 0. The molecule has 1 heterocycles. The lowest BCUT2D eigenvalue weighted by molar-refractivity contribution is -0.120. The monoisotopic (exact) mass is 286 g/mol. The van der Waals surface area contributed by atoms with E-state index in [2.05, 4.69) is 5.32 Å². The molecule has 0 aliphatic carbocycles. The van der Waals surface area contributed by atoms with Gasteiger partial charge in [-0.25, -0.2) is 0 Å². The van der Waals surface area contributed by atoms with Crippen molar-refractivity contribution in [1.82, 2.24) is 9.88 Å². The number of hydrogen-bond acceptors (Lipinski definition) is 3. The van der Waals surface area contributed by atoms with Gasteiger partial charge in [0.2, 0.25) is 11.5 Å². The van der Waals surface area contributed by atoms with Crippen LogP contribution in [0.15, 0.2) is 47.4 Å². The Balaban J connectivity index is 1.92. The number of rotatable bonds is 5. The van der Waals surface area contributed by atoms with E-state index in [1.807, 2.05) is 24.3 Å². The molecule has 0 spiro atoms. The number of carbonyl (C=O) groups excluding carboxylic acids is 1. The minimum Gasteiger partial charge on any atom is -0.497 e. The molecule has 1 N–H and O–H groups in total. The van der Waals surface area contributed by atoms with Crippen LogP contribution in [-0.2, 0) is 24.8 Å². The summed E-state index contributed by atoms with van der Waals surface area (Å²) in [5, 5.41) is 2.84. The van der Waals surface area contributed by atoms with E-state index in [0.29, 0.717) is 13.0 Å². The fraction of sp³-hybridized carbons (Fsp3) is 0.250. The Kier molecular flexibility index (Phi) is 4.77. The van der Waals surface area contributed by atoms with Crippen molar-refractivity contribution in [2.24, 2.45) is 7.05 Å². The summed E-state index contributed by atoms with van der Waals surface area (Å²) in [6, 6.07) is 10.6. The van der Waals surface area contributed by atoms with Crippen molar-refractivity contribution in [3.8, 4) is 5.75 Å². The van der Waals surface area contributed by atoms with Crippen molar-refractivity contribution in [3.63, 3.8) is 0 Å². The van der Waals surface area contributed by atoms with E-state index in [1.165, 1.54) is 10.6 Å². The molecule has 2 rings (SSSR count). The van der Waals surface area contributed by atoms with Gasteiger partial charge < -0.3 is 14.6 Å². The van der Waals surface area contributed by atoms with E-state index in [-0.39, 0.29) is 11.5 Å². The van der Waals surface area contributed by atoms with Gasteiger partial charge in [-0.2, -0.15) is 0 Å². The van der Waals surface area contributed by atoms with Crippen molar-refractivity contribution in [2.75, 3.05) is 7.11 Å². The van der Waals surface area contributed by atoms with Crippen LogP contribution in [0, 0.1) is 0 Å². The van der Waals surface area contributed by atoms with Gasteiger partial charge in [-0.15, -0.1) is 0 Å². The molecule has 2 aromatic rings. The molecule has 0 aliphatic heterocycles. The largest absolute Gasteiger partial charge is 0.497 e. The van der Waals surface area contributed by atoms with Gasteiger partial charge in [-0.1, -0.05) is 18.2 Å². The van der Waals surface area contributed by atoms with Crippen molar-refractivity contribution in [3.05, 3.63) is 64.1 Å². The van der Waals surface area contributed by atoms with E-state index in [0.717, 1.165) is 16.9 Å². The molecule has 1 aromatic heterocycles. The van der Waals surface area contributed by atoms with E-state index in [1.54, 1.807) is 26.4 Å². The van der Waals surface area contributed by atoms with Gasteiger partial charge in [-0.3, -0.25) is 9.59 Å². The minimum atomic E-state index is -0.0721. The second kappa shape index (κ2) is 6.74. The summed E-state index contributed by atoms with van der Waals surface area (Å²) in [6.07, 6.45) is 2.01. The van der Waals surface area contributed by atoms with Gasteiger partial charge >= 0.3 is 0 Å². The maximum atomic E-state index is 11.9. The first-order chi connectivity index (χ1) is 10.1. The second-order valence-corrected chi connectivity index (χ2v) is 4.79. The van der Waals surface area contributed by atoms with Crippen LogP contribution < -0.4 is 15.6 Å². The molecule has 1 amide bonds. The highest BCUT2D eigenvalue weighted by molar-refractivity contribution is 5.78. The van der Waals surface area contributed by atoms with Gasteiger partial charge in [0.05, 0.1) is 13.5 Å². The zero-order valence-corrected chi connectivity index (χ0v) is 12.1. The van der Waals surface area contributed by atoms with E-state index in [9.17, 15) is 9.59 Å². The van der Waals surface area contributed by atoms with Crippen LogP contribution in [0.3, 0.4) is 0 Å². The number of nitrogens with zero attached hydrogens (tertiary/aromatic N) is 1. The number of methoxy groups -OCH3 is 1. The minimum absolute atomic E-state index is 0.0681. The first-order valence-electron chi connectivity index (χ1n) is 6.63. The van der Waals surface area contributed by atoms with E-state index >= 15 is 0 Å². The Labute approximate surface area is 123 Å². The van der Waals surface area contributed by atoms with Gasteiger partial charge in [0.1, 0.15) is 5.75 Å². The molecule has 0 atom stereocenters. The van der Waals surface area contributed by atoms with Crippen LogP contribution in [0.1, 0.15) is 11.1 Å². The number of carbonyl (C=O) groups is 1. The SMILES string of the molecule is COc1cccc(CC(=O)NCc2ccc(=O)n(C)c2)c1. The second-order valence-electron chi connectivity index (χ2n) is 4.79. The van der Waals surface area contributed by atoms with Crippen LogP contribution in [0.2, 0.25) is 0 Å². The average molecular weight is 286 g/mol. The number of ether oxygens (including phenoxy) is 1. The van der Waals surface area contributed by atoms with Gasteiger partial charge in [-0.05, 0) is 23.3 Å². The lowest BCUT2D eigenvalue weighted by Gasteiger charge is -2.07. The van der Waals surface area contributed by atoms with Crippen LogP contribution in [0.25, 0.3) is 0 Å². The number of pyridine rings is 1. The van der Waals surface area contributed by atoms with Gasteiger partial charge in [0, 0.05) is 25.9 Å². The van der Waals surface area contributed by atoms with Crippen LogP contribution >= 0.6 is 0 Å². The molecular weight excluding hydrogens is 268 g/mol. The molecule has 21 heavy (non-hydrogen) atoms. The zero-order valence-electron chi connectivity index (χ0n) is 12.1. The molecular formula is C16H18N2O3. The quantitative estimate of drug-likeness (QED) is 0.900. The van der Waals surface area contributed by atoms with Crippen LogP contribution in [-0.4, -0.2) is 17.6 Å². The van der Waals surface area contributed by atoms with Crippen molar-refractivity contribution >= 4 is 5.91 Å². The Bertz CT molecular complexity index is 692. The maximum Gasteiger partial charge on any atom is 0.250 e. The summed E-state index contributed by atoms with van der Waals surface area (Å²) in [4.78, 5) is 23.2. The summed E-state index contributed by atoms with van der Waals surface area (Å²) < 4.78 is 6.62. The number of benzene rings is 1.